The Labute approximate surface area is 126 Å². The number of likely N-dealkylation sites (tertiary alicyclic amines) is 1. The van der Waals surface area contributed by atoms with Crippen molar-refractivity contribution in [3.8, 4) is 5.88 Å². The average molecular weight is 292 g/mol. The first-order valence-electron chi connectivity index (χ1n) is 7.64. The lowest BCUT2D eigenvalue weighted by molar-refractivity contribution is -0.137. The zero-order valence-corrected chi connectivity index (χ0v) is 12.9. The molecule has 1 aromatic rings. The topological polar surface area (TPSA) is 51.7 Å². The number of hydrogen-bond donors (Lipinski definition) is 0. The zero-order valence-electron chi connectivity index (χ0n) is 12.9. The monoisotopic (exact) mass is 292 g/mol. The van der Waals surface area contributed by atoms with E-state index in [0.29, 0.717) is 12.5 Å². The number of aromatic nitrogens is 1. The van der Waals surface area contributed by atoms with Gasteiger partial charge >= 0.3 is 0 Å². The van der Waals surface area contributed by atoms with Gasteiger partial charge in [0.05, 0.1) is 0 Å². The number of carbonyl (C=O) groups is 1. The molecule has 1 amide bonds. The molecule has 2 heterocycles. The minimum absolute atomic E-state index is 0.0790. The molecule has 0 aromatic carbocycles. The highest BCUT2D eigenvalue weighted by Gasteiger charge is 2.24. The Kier molecular flexibility index (Phi) is 5.99. The quantitative estimate of drug-likeness (QED) is 0.754. The van der Waals surface area contributed by atoms with Crippen LogP contribution in [0.15, 0.2) is 18.3 Å². The number of rotatable bonds is 6. The second-order valence-corrected chi connectivity index (χ2v) is 5.42. The number of aryl methyl sites for hydroxylation is 1. The molecule has 1 aliphatic heterocycles. The van der Waals surface area contributed by atoms with Crippen LogP contribution < -0.4 is 4.74 Å². The Morgan fingerprint density at radius 2 is 2.14 bits per heavy atom. The van der Waals surface area contributed by atoms with Crippen molar-refractivity contribution in [2.24, 2.45) is 0 Å². The lowest BCUT2D eigenvalue weighted by Gasteiger charge is -2.31. The maximum Gasteiger partial charge on any atom is 0.248 e. The summed E-state index contributed by atoms with van der Waals surface area (Å²) in [5.41, 5.74) is 1.12. The van der Waals surface area contributed by atoms with E-state index in [1.165, 1.54) is 0 Å². The van der Waals surface area contributed by atoms with Crippen molar-refractivity contribution in [2.45, 2.75) is 39.2 Å². The second-order valence-electron chi connectivity index (χ2n) is 5.42. The highest BCUT2D eigenvalue weighted by atomic mass is 16.5. The molecule has 0 unspecified atom stereocenters. The summed E-state index contributed by atoms with van der Waals surface area (Å²) in [5.74, 6) is 0.743. The maximum absolute atomic E-state index is 11.9. The summed E-state index contributed by atoms with van der Waals surface area (Å²) < 4.78 is 11.2. The van der Waals surface area contributed by atoms with E-state index in [9.17, 15) is 4.79 Å². The van der Waals surface area contributed by atoms with Gasteiger partial charge in [0, 0.05) is 44.8 Å². The van der Waals surface area contributed by atoms with Crippen molar-refractivity contribution in [3.63, 3.8) is 0 Å². The standard InChI is InChI=1S/C16H24N2O3/c1-3-10-20-12-16(19)18-8-6-14(7-9-18)21-15-5-4-13(2)11-17-15/h4-5,11,14H,3,6-10,12H2,1-2H3. The van der Waals surface area contributed by atoms with Crippen molar-refractivity contribution >= 4 is 5.91 Å². The summed E-state index contributed by atoms with van der Waals surface area (Å²) in [5, 5.41) is 0. The largest absolute Gasteiger partial charge is 0.474 e. The zero-order chi connectivity index (χ0) is 15.1. The van der Waals surface area contributed by atoms with E-state index in [-0.39, 0.29) is 18.6 Å². The molecular formula is C16H24N2O3. The molecule has 0 bridgehead atoms. The molecule has 1 saturated heterocycles. The number of ether oxygens (including phenoxy) is 2. The molecule has 0 atom stereocenters. The Bertz CT molecular complexity index is 439. The predicted molar refractivity (Wildman–Crippen MR) is 80.3 cm³/mol. The van der Waals surface area contributed by atoms with Gasteiger partial charge in [0.2, 0.25) is 11.8 Å². The van der Waals surface area contributed by atoms with E-state index >= 15 is 0 Å². The molecule has 1 aliphatic rings. The molecule has 2 rings (SSSR count). The lowest BCUT2D eigenvalue weighted by Crippen LogP contribution is -2.43. The second kappa shape index (κ2) is 7.98. The van der Waals surface area contributed by atoms with Crippen LogP contribution in [0.4, 0.5) is 0 Å². The van der Waals surface area contributed by atoms with Crippen molar-refractivity contribution < 1.29 is 14.3 Å². The van der Waals surface area contributed by atoms with Crippen LogP contribution in [0.5, 0.6) is 5.88 Å². The number of hydrogen-bond acceptors (Lipinski definition) is 4. The third-order valence-electron chi connectivity index (χ3n) is 3.54. The van der Waals surface area contributed by atoms with Gasteiger partial charge in [0.1, 0.15) is 12.7 Å². The van der Waals surface area contributed by atoms with Crippen LogP contribution in [0.1, 0.15) is 31.7 Å². The summed E-state index contributed by atoms with van der Waals surface area (Å²) in [6.45, 7) is 6.33. The SMILES string of the molecule is CCCOCC(=O)N1CCC(Oc2ccc(C)cn2)CC1. The van der Waals surface area contributed by atoms with E-state index in [1.54, 1.807) is 6.20 Å². The fourth-order valence-electron chi connectivity index (χ4n) is 2.31. The third kappa shape index (κ3) is 5.01. The third-order valence-corrected chi connectivity index (χ3v) is 3.54. The first-order valence-corrected chi connectivity index (χ1v) is 7.64. The molecule has 116 valence electrons. The molecule has 5 heteroatoms. The molecule has 0 spiro atoms. The van der Waals surface area contributed by atoms with Crippen molar-refractivity contribution in [1.29, 1.82) is 0 Å². The maximum atomic E-state index is 11.9. The van der Waals surface area contributed by atoms with Gasteiger partial charge in [0.25, 0.3) is 0 Å². The Hall–Kier alpha value is -1.62. The number of amides is 1. The summed E-state index contributed by atoms with van der Waals surface area (Å²) in [6.07, 6.45) is 4.57. The first kappa shape index (κ1) is 15.8. The molecule has 0 N–H and O–H groups in total. The molecule has 0 saturated carbocycles. The molecule has 5 nitrogen and oxygen atoms in total. The normalized spacial score (nSPS) is 16.0. The van der Waals surface area contributed by atoms with Gasteiger partial charge in [-0.2, -0.15) is 0 Å². The van der Waals surface area contributed by atoms with Crippen LogP contribution in [0.2, 0.25) is 0 Å². The number of nitrogens with zero attached hydrogens (tertiary/aromatic N) is 2. The average Bonchev–Trinajstić information content (AvgIpc) is 2.50. The number of piperidine rings is 1. The highest BCUT2D eigenvalue weighted by Crippen LogP contribution is 2.17. The van der Waals surface area contributed by atoms with Gasteiger partial charge in [-0.1, -0.05) is 13.0 Å². The van der Waals surface area contributed by atoms with Crippen molar-refractivity contribution in [2.75, 3.05) is 26.3 Å². The first-order chi connectivity index (χ1) is 10.2. The Morgan fingerprint density at radius 1 is 1.38 bits per heavy atom. The van der Waals surface area contributed by atoms with Crippen LogP contribution in [-0.4, -0.2) is 48.2 Å². The van der Waals surface area contributed by atoms with Crippen molar-refractivity contribution in [3.05, 3.63) is 23.9 Å². The summed E-state index contributed by atoms with van der Waals surface area (Å²) in [6, 6.07) is 3.89. The highest BCUT2D eigenvalue weighted by molar-refractivity contribution is 5.77. The van der Waals surface area contributed by atoms with E-state index in [1.807, 2.05) is 30.9 Å². The van der Waals surface area contributed by atoms with Gasteiger partial charge in [-0.05, 0) is 18.9 Å². The number of pyridine rings is 1. The van der Waals surface area contributed by atoms with E-state index in [0.717, 1.165) is 37.9 Å². The van der Waals surface area contributed by atoms with Gasteiger partial charge in [-0.3, -0.25) is 4.79 Å². The Balaban J connectivity index is 1.72. The van der Waals surface area contributed by atoms with E-state index in [2.05, 4.69) is 4.98 Å². The minimum atomic E-state index is 0.0790. The summed E-state index contributed by atoms with van der Waals surface area (Å²) in [4.78, 5) is 18.0. The molecule has 1 fully saturated rings. The van der Waals surface area contributed by atoms with Crippen LogP contribution in [0.3, 0.4) is 0 Å². The Morgan fingerprint density at radius 3 is 2.76 bits per heavy atom. The van der Waals surface area contributed by atoms with E-state index in [4.69, 9.17) is 9.47 Å². The van der Waals surface area contributed by atoms with Gasteiger partial charge in [0.15, 0.2) is 0 Å². The van der Waals surface area contributed by atoms with E-state index < -0.39 is 0 Å². The predicted octanol–water partition coefficient (Wildman–Crippen LogP) is 2.19. The van der Waals surface area contributed by atoms with Crippen LogP contribution >= 0.6 is 0 Å². The summed E-state index contributed by atoms with van der Waals surface area (Å²) in [7, 11) is 0. The van der Waals surface area contributed by atoms with Gasteiger partial charge in [-0.25, -0.2) is 4.98 Å². The van der Waals surface area contributed by atoms with Crippen LogP contribution in [-0.2, 0) is 9.53 Å². The lowest BCUT2D eigenvalue weighted by atomic mass is 10.1. The minimum Gasteiger partial charge on any atom is -0.474 e. The fraction of sp³-hybridized carbons (Fsp3) is 0.625. The van der Waals surface area contributed by atoms with Gasteiger partial charge < -0.3 is 14.4 Å². The van der Waals surface area contributed by atoms with Gasteiger partial charge in [-0.15, -0.1) is 0 Å². The van der Waals surface area contributed by atoms with Crippen LogP contribution in [0.25, 0.3) is 0 Å². The summed E-state index contributed by atoms with van der Waals surface area (Å²) >= 11 is 0. The van der Waals surface area contributed by atoms with Crippen LogP contribution in [0, 0.1) is 6.92 Å². The van der Waals surface area contributed by atoms with Crippen molar-refractivity contribution in [1.82, 2.24) is 9.88 Å². The smallest absolute Gasteiger partial charge is 0.248 e. The fourth-order valence-corrected chi connectivity index (χ4v) is 2.31. The molecule has 21 heavy (non-hydrogen) atoms. The molecule has 1 aromatic heterocycles. The molecule has 0 radical (unpaired) electrons. The molecular weight excluding hydrogens is 268 g/mol. The molecule has 0 aliphatic carbocycles. The number of carbonyl (C=O) groups excluding carboxylic acids is 1.